The van der Waals surface area contributed by atoms with Crippen LogP contribution < -0.4 is 5.32 Å². The third-order valence-electron chi connectivity index (χ3n) is 2.06. The topological polar surface area (TPSA) is 24.9 Å². The summed E-state index contributed by atoms with van der Waals surface area (Å²) in [6.45, 7) is 1.02. The molecule has 0 amide bonds. The molecule has 0 saturated heterocycles. The number of likely N-dealkylation sites (N-methyl/N-ethyl adjacent to an activating group) is 1. The third-order valence-corrected chi connectivity index (χ3v) is 2.87. The second kappa shape index (κ2) is 3.85. The van der Waals surface area contributed by atoms with Crippen LogP contribution in [0.3, 0.4) is 0 Å². The summed E-state index contributed by atoms with van der Waals surface area (Å²) in [7, 11) is 1.97. The lowest BCUT2D eigenvalue weighted by molar-refractivity contribution is 0.792. The average Bonchev–Trinajstić information content (AvgIpc) is 2.61. The van der Waals surface area contributed by atoms with E-state index in [0.29, 0.717) is 0 Å². The number of hydrogen-bond donors (Lipinski definition) is 1. The lowest BCUT2D eigenvalue weighted by Crippen LogP contribution is -2.10. The Morgan fingerprint density at radius 3 is 3.23 bits per heavy atom. The zero-order valence-electron chi connectivity index (χ0n) is 7.58. The van der Waals surface area contributed by atoms with E-state index in [2.05, 4.69) is 28.5 Å². The van der Waals surface area contributed by atoms with Crippen LogP contribution >= 0.6 is 11.3 Å². The van der Waals surface area contributed by atoms with Crippen LogP contribution in [-0.2, 0) is 6.42 Å². The van der Waals surface area contributed by atoms with Crippen molar-refractivity contribution in [3.05, 3.63) is 29.3 Å². The van der Waals surface area contributed by atoms with Gasteiger partial charge >= 0.3 is 0 Å². The Morgan fingerprint density at radius 2 is 2.38 bits per heavy atom. The summed E-state index contributed by atoms with van der Waals surface area (Å²) in [6, 6.07) is 6.50. The molecule has 2 aromatic rings. The fraction of sp³-hybridized carbons (Fsp3) is 0.300. The zero-order valence-corrected chi connectivity index (χ0v) is 8.40. The molecule has 0 bridgehead atoms. The van der Waals surface area contributed by atoms with E-state index in [0.717, 1.165) is 18.5 Å². The van der Waals surface area contributed by atoms with Crippen molar-refractivity contribution in [3.63, 3.8) is 0 Å². The molecule has 0 saturated carbocycles. The Balaban J connectivity index is 2.26. The molecule has 1 aromatic heterocycles. The Hall–Kier alpha value is -0.930. The summed E-state index contributed by atoms with van der Waals surface area (Å²) in [6.07, 6.45) is 1.07. The van der Waals surface area contributed by atoms with Crippen molar-refractivity contribution in [2.75, 3.05) is 13.6 Å². The number of aromatic nitrogens is 1. The lowest BCUT2D eigenvalue weighted by atomic mass is 10.1. The van der Waals surface area contributed by atoms with Crippen LogP contribution in [0.4, 0.5) is 0 Å². The Labute approximate surface area is 81.6 Å². The van der Waals surface area contributed by atoms with Gasteiger partial charge in [0.05, 0.1) is 15.7 Å². The number of fused-ring (bicyclic) bond motifs is 1. The van der Waals surface area contributed by atoms with Gasteiger partial charge in [0.15, 0.2) is 0 Å². The van der Waals surface area contributed by atoms with Gasteiger partial charge in [-0.15, -0.1) is 11.3 Å². The zero-order chi connectivity index (χ0) is 9.10. The van der Waals surface area contributed by atoms with E-state index in [-0.39, 0.29) is 0 Å². The lowest BCUT2D eigenvalue weighted by Gasteiger charge is -1.99. The Morgan fingerprint density at radius 1 is 1.46 bits per heavy atom. The molecular formula is C10H12N2S. The maximum absolute atomic E-state index is 4.29. The molecule has 0 aliphatic rings. The number of nitrogens with one attached hydrogen (secondary N) is 1. The van der Waals surface area contributed by atoms with E-state index >= 15 is 0 Å². The maximum Gasteiger partial charge on any atom is 0.0814 e. The predicted octanol–water partition coefficient (Wildman–Crippen LogP) is 2.06. The highest BCUT2D eigenvalue weighted by molar-refractivity contribution is 7.16. The van der Waals surface area contributed by atoms with E-state index < -0.39 is 0 Å². The summed E-state index contributed by atoms with van der Waals surface area (Å²) < 4.78 is 1.27. The molecule has 2 nitrogen and oxygen atoms in total. The van der Waals surface area contributed by atoms with Crippen LogP contribution in [0.2, 0.25) is 0 Å². The standard InChI is InChI=1S/C10H12N2S/c1-11-5-4-8-2-3-10-9(6-8)12-7-13-10/h2-3,6-7,11H,4-5H2,1H3. The first-order chi connectivity index (χ1) is 6.40. The van der Waals surface area contributed by atoms with Gasteiger partial charge in [0.2, 0.25) is 0 Å². The van der Waals surface area contributed by atoms with E-state index in [1.165, 1.54) is 10.3 Å². The average molecular weight is 192 g/mol. The predicted molar refractivity (Wildman–Crippen MR) is 57.3 cm³/mol. The van der Waals surface area contributed by atoms with Crippen LogP contribution in [0.1, 0.15) is 5.56 Å². The molecule has 0 fully saturated rings. The molecule has 0 unspecified atom stereocenters. The van der Waals surface area contributed by atoms with Crippen molar-refractivity contribution < 1.29 is 0 Å². The van der Waals surface area contributed by atoms with Crippen molar-refractivity contribution in [3.8, 4) is 0 Å². The summed E-state index contributed by atoms with van der Waals surface area (Å²) in [5.41, 5.74) is 4.37. The van der Waals surface area contributed by atoms with Gasteiger partial charge in [-0.05, 0) is 37.7 Å². The van der Waals surface area contributed by atoms with Crippen LogP contribution in [-0.4, -0.2) is 18.6 Å². The van der Waals surface area contributed by atoms with Gasteiger partial charge in [0.25, 0.3) is 0 Å². The van der Waals surface area contributed by atoms with Gasteiger partial charge in [-0.1, -0.05) is 6.07 Å². The molecule has 1 aromatic carbocycles. The van der Waals surface area contributed by atoms with Gasteiger partial charge in [0, 0.05) is 0 Å². The highest BCUT2D eigenvalue weighted by Crippen LogP contribution is 2.18. The quantitative estimate of drug-likeness (QED) is 0.805. The maximum atomic E-state index is 4.29. The molecule has 0 radical (unpaired) electrons. The van der Waals surface area contributed by atoms with Gasteiger partial charge in [-0.3, -0.25) is 0 Å². The van der Waals surface area contributed by atoms with Crippen molar-refractivity contribution in [1.82, 2.24) is 10.3 Å². The smallest absolute Gasteiger partial charge is 0.0814 e. The first-order valence-electron chi connectivity index (χ1n) is 4.37. The normalized spacial score (nSPS) is 10.8. The first kappa shape index (κ1) is 8.66. The monoisotopic (exact) mass is 192 g/mol. The largest absolute Gasteiger partial charge is 0.319 e. The number of thiazole rings is 1. The fourth-order valence-electron chi connectivity index (χ4n) is 1.33. The van der Waals surface area contributed by atoms with Gasteiger partial charge in [-0.2, -0.15) is 0 Å². The minimum Gasteiger partial charge on any atom is -0.319 e. The minimum atomic E-state index is 1.02. The third kappa shape index (κ3) is 1.87. The first-order valence-corrected chi connectivity index (χ1v) is 5.25. The Kier molecular flexibility index (Phi) is 2.57. The highest BCUT2D eigenvalue weighted by atomic mass is 32.1. The summed E-state index contributed by atoms with van der Waals surface area (Å²) >= 11 is 1.69. The molecule has 68 valence electrons. The number of benzene rings is 1. The summed E-state index contributed by atoms with van der Waals surface area (Å²) in [5, 5.41) is 3.14. The van der Waals surface area contributed by atoms with E-state index in [1.54, 1.807) is 11.3 Å². The van der Waals surface area contributed by atoms with Crippen molar-refractivity contribution in [2.45, 2.75) is 6.42 Å². The minimum absolute atomic E-state index is 1.02. The molecule has 0 spiro atoms. The van der Waals surface area contributed by atoms with Gasteiger partial charge < -0.3 is 5.32 Å². The molecule has 0 atom stereocenters. The van der Waals surface area contributed by atoms with E-state index in [4.69, 9.17) is 0 Å². The number of nitrogens with zero attached hydrogens (tertiary/aromatic N) is 1. The van der Waals surface area contributed by atoms with Crippen LogP contribution in [0, 0.1) is 0 Å². The second-order valence-electron chi connectivity index (χ2n) is 3.01. The van der Waals surface area contributed by atoms with Crippen LogP contribution in [0.5, 0.6) is 0 Å². The Bertz CT molecular complexity index is 394. The number of rotatable bonds is 3. The second-order valence-corrected chi connectivity index (χ2v) is 3.89. The van der Waals surface area contributed by atoms with Crippen molar-refractivity contribution in [2.24, 2.45) is 0 Å². The van der Waals surface area contributed by atoms with E-state index in [1.807, 2.05) is 12.6 Å². The molecule has 0 aliphatic heterocycles. The SMILES string of the molecule is CNCCc1ccc2scnc2c1. The molecule has 1 N–H and O–H groups in total. The molecule has 3 heteroatoms. The molecule has 2 rings (SSSR count). The molecular weight excluding hydrogens is 180 g/mol. The number of hydrogen-bond acceptors (Lipinski definition) is 3. The van der Waals surface area contributed by atoms with Crippen molar-refractivity contribution in [1.29, 1.82) is 0 Å². The molecule has 0 aliphatic carbocycles. The summed E-state index contributed by atoms with van der Waals surface area (Å²) in [5.74, 6) is 0. The fourth-order valence-corrected chi connectivity index (χ4v) is 1.99. The van der Waals surface area contributed by atoms with Gasteiger partial charge in [0.1, 0.15) is 0 Å². The van der Waals surface area contributed by atoms with E-state index in [9.17, 15) is 0 Å². The van der Waals surface area contributed by atoms with Gasteiger partial charge in [-0.25, -0.2) is 4.98 Å². The molecule has 13 heavy (non-hydrogen) atoms. The molecule has 1 heterocycles. The highest BCUT2D eigenvalue weighted by Gasteiger charge is 1.97. The summed E-state index contributed by atoms with van der Waals surface area (Å²) in [4.78, 5) is 4.29. The van der Waals surface area contributed by atoms with Crippen LogP contribution in [0.25, 0.3) is 10.2 Å². The van der Waals surface area contributed by atoms with Crippen molar-refractivity contribution >= 4 is 21.6 Å². The van der Waals surface area contributed by atoms with Crippen LogP contribution in [0.15, 0.2) is 23.7 Å².